The van der Waals surface area contributed by atoms with Crippen LogP contribution in [0.4, 0.5) is 4.39 Å². The maximum atomic E-state index is 14.5. The smallest absolute Gasteiger partial charge is 0.242 e. The molecule has 5 heteroatoms. The van der Waals surface area contributed by atoms with E-state index >= 15 is 0 Å². The van der Waals surface area contributed by atoms with Crippen molar-refractivity contribution in [1.82, 2.24) is 10.0 Å². The Balaban J connectivity index is 1.83. The van der Waals surface area contributed by atoms with Crippen LogP contribution in [0.2, 0.25) is 0 Å². The first-order chi connectivity index (χ1) is 13.5. The van der Waals surface area contributed by atoms with E-state index in [0.717, 1.165) is 5.56 Å². The number of hydrazine groups is 1. The number of hydrogen-bond donors (Lipinski definition) is 0. The molecule has 0 radical (unpaired) electrons. The lowest BCUT2D eigenvalue weighted by Gasteiger charge is -2.42. The van der Waals surface area contributed by atoms with Crippen molar-refractivity contribution in [2.45, 2.75) is 31.1 Å². The van der Waals surface area contributed by atoms with Gasteiger partial charge in [0.1, 0.15) is 5.82 Å². The van der Waals surface area contributed by atoms with Gasteiger partial charge in [-0.3, -0.25) is 9.59 Å². The summed E-state index contributed by atoms with van der Waals surface area (Å²) in [4.78, 5) is 26.2. The van der Waals surface area contributed by atoms with Gasteiger partial charge < -0.3 is 0 Å². The summed E-state index contributed by atoms with van der Waals surface area (Å²) in [7, 11) is 3.59. The lowest BCUT2D eigenvalue weighted by atomic mass is 9.73. The molecule has 144 valence electrons. The third kappa shape index (κ3) is 3.16. The van der Waals surface area contributed by atoms with Gasteiger partial charge in [-0.15, -0.1) is 0 Å². The second-order valence-electron chi connectivity index (χ2n) is 7.63. The van der Waals surface area contributed by atoms with Gasteiger partial charge in [-0.05, 0) is 29.5 Å². The van der Waals surface area contributed by atoms with Crippen molar-refractivity contribution in [3.05, 3.63) is 82.8 Å². The summed E-state index contributed by atoms with van der Waals surface area (Å²) in [5, 5.41) is 3.32. The van der Waals surface area contributed by atoms with Crippen LogP contribution in [0.3, 0.4) is 0 Å². The Kier molecular flexibility index (Phi) is 4.85. The highest BCUT2D eigenvalue weighted by Gasteiger charge is 2.43. The molecule has 2 aliphatic rings. The predicted molar refractivity (Wildman–Crippen MR) is 105 cm³/mol. The third-order valence-electron chi connectivity index (χ3n) is 5.65. The van der Waals surface area contributed by atoms with Gasteiger partial charge >= 0.3 is 0 Å². The third-order valence-corrected chi connectivity index (χ3v) is 5.65. The molecule has 28 heavy (non-hydrogen) atoms. The molecule has 4 nitrogen and oxygen atoms in total. The molecular formula is C23H23FN2O2. The molecule has 1 heterocycles. The zero-order valence-corrected chi connectivity index (χ0v) is 16.1. The fraction of sp³-hybridized carbons (Fsp3) is 0.304. The highest BCUT2D eigenvalue weighted by molar-refractivity contribution is 6.02. The number of hydrogen-bond acceptors (Lipinski definition) is 3. The molecule has 0 aromatic heterocycles. The fourth-order valence-electron chi connectivity index (χ4n) is 4.47. The summed E-state index contributed by atoms with van der Waals surface area (Å²) in [5.74, 6) is -0.990. The second kappa shape index (κ2) is 7.32. The molecule has 0 fully saturated rings. The Morgan fingerprint density at radius 2 is 1.61 bits per heavy atom. The summed E-state index contributed by atoms with van der Waals surface area (Å²) in [6.07, 6.45) is 1.06. The number of rotatable bonds is 3. The van der Waals surface area contributed by atoms with Crippen LogP contribution in [0.5, 0.6) is 0 Å². The molecule has 2 atom stereocenters. The number of benzene rings is 2. The van der Waals surface area contributed by atoms with E-state index in [4.69, 9.17) is 0 Å². The number of Topliss-reactive ketones (excluding diaryl/α,β-unsaturated/α-hetero) is 1. The maximum Gasteiger partial charge on any atom is 0.242 e. The quantitative estimate of drug-likeness (QED) is 0.810. The minimum absolute atomic E-state index is 0.00251. The summed E-state index contributed by atoms with van der Waals surface area (Å²) in [6.45, 7) is 0. The van der Waals surface area contributed by atoms with Gasteiger partial charge in [0.25, 0.3) is 0 Å². The molecule has 0 saturated carbocycles. The average Bonchev–Trinajstić information content (AvgIpc) is 2.67. The Morgan fingerprint density at radius 3 is 2.29 bits per heavy atom. The van der Waals surface area contributed by atoms with Crippen molar-refractivity contribution >= 4 is 11.7 Å². The first-order valence-electron chi connectivity index (χ1n) is 9.53. The molecule has 0 unspecified atom stereocenters. The van der Waals surface area contributed by atoms with Crippen LogP contribution in [0, 0.1) is 5.82 Å². The van der Waals surface area contributed by atoms with E-state index in [2.05, 4.69) is 0 Å². The molecule has 0 spiro atoms. The zero-order valence-electron chi connectivity index (χ0n) is 16.1. The summed E-state index contributed by atoms with van der Waals surface area (Å²) >= 11 is 0. The standard InChI is InChI=1S/C23H23FN2O2/c1-25(2)26-20-12-16(15-8-4-3-5-9-15)13-21(27)23(20)18(14-22(26)28)17-10-6-7-11-19(17)24/h3-11,16,18H,12-14H2,1-2H3/t16-,18-/m1/s1. The Hall–Kier alpha value is -2.79. The SMILES string of the molecule is CN(C)N1C(=O)C[C@H](c2ccccc2F)C2=C1C[C@@H](c1ccccc1)CC2=O. The van der Waals surface area contributed by atoms with Gasteiger partial charge in [0.05, 0.1) is 0 Å². The lowest BCUT2D eigenvalue weighted by Crippen LogP contribution is -2.48. The minimum Gasteiger partial charge on any atom is -0.294 e. The summed E-state index contributed by atoms with van der Waals surface area (Å²) < 4.78 is 14.5. The van der Waals surface area contributed by atoms with E-state index in [1.165, 1.54) is 6.07 Å². The first-order valence-corrected chi connectivity index (χ1v) is 9.53. The average molecular weight is 378 g/mol. The zero-order chi connectivity index (χ0) is 19.8. The number of amides is 1. The van der Waals surface area contributed by atoms with Crippen molar-refractivity contribution in [1.29, 1.82) is 0 Å². The highest BCUT2D eigenvalue weighted by Crippen LogP contribution is 2.46. The molecular weight excluding hydrogens is 355 g/mol. The number of ketones is 1. The molecule has 1 aliphatic carbocycles. The highest BCUT2D eigenvalue weighted by atomic mass is 19.1. The number of allylic oxidation sites excluding steroid dienone is 2. The molecule has 2 aromatic carbocycles. The van der Waals surface area contributed by atoms with Crippen LogP contribution < -0.4 is 0 Å². The molecule has 1 amide bonds. The lowest BCUT2D eigenvalue weighted by molar-refractivity contribution is -0.143. The van der Waals surface area contributed by atoms with Crippen LogP contribution in [-0.4, -0.2) is 35.8 Å². The van der Waals surface area contributed by atoms with Crippen LogP contribution in [0.15, 0.2) is 65.9 Å². The molecule has 0 N–H and O–H groups in total. The van der Waals surface area contributed by atoms with E-state index in [1.807, 2.05) is 30.3 Å². The number of carbonyl (C=O) groups is 2. The van der Waals surface area contributed by atoms with Crippen LogP contribution in [-0.2, 0) is 9.59 Å². The van der Waals surface area contributed by atoms with E-state index < -0.39 is 5.92 Å². The topological polar surface area (TPSA) is 40.6 Å². The normalized spacial score (nSPS) is 22.6. The van der Waals surface area contributed by atoms with Crippen LogP contribution in [0.1, 0.15) is 42.2 Å². The monoisotopic (exact) mass is 378 g/mol. The molecule has 0 bridgehead atoms. The number of carbonyl (C=O) groups excluding carboxylic acids is 2. The van der Waals surface area contributed by atoms with Crippen molar-refractivity contribution in [2.24, 2.45) is 0 Å². The maximum absolute atomic E-state index is 14.5. The van der Waals surface area contributed by atoms with E-state index in [9.17, 15) is 14.0 Å². The van der Waals surface area contributed by atoms with Crippen molar-refractivity contribution < 1.29 is 14.0 Å². The van der Waals surface area contributed by atoms with Gasteiger partial charge in [-0.2, -0.15) is 0 Å². The molecule has 4 rings (SSSR count). The number of nitrogens with zero attached hydrogens (tertiary/aromatic N) is 2. The van der Waals surface area contributed by atoms with Crippen molar-refractivity contribution in [3.8, 4) is 0 Å². The Labute approximate surface area is 164 Å². The Bertz CT molecular complexity index is 952. The van der Waals surface area contributed by atoms with Crippen LogP contribution >= 0.6 is 0 Å². The largest absolute Gasteiger partial charge is 0.294 e. The Morgan fingerprint density at radius 1 is 0.929 bits per heavy atom. The predicted octanol–water partition coefficient (Wildman–Crippen LogP) is 4.02. The fourth-order valence-corrected chi connectivity index (χ4v) is 4.47. The first kappa shape index (κ1) is 18.6. The van der Waals surface area contributed by atoms with E-state index in [-0.39, 0.29) is 29.8 Å². The number of halogens is 1. The van der Waals surface area contributed by atoms with Gasteiger partial charge in [-0.25, -0.2) is 14.4 Å². The molecule has 1 aliphatic heterocycles. The van der Waals surface area contributed by atoms with Crippen LogP contribution in [0.25, 0.3) is 0 Å². The van der Waals surface area contributed by atoms with Gasteiger partial charge in [0.2, 0.25) is 5.91 Å². The van der Waals surface area contributed by atoms with Crippen molar-refractivity contribution in [2.75, 3.05) is 14.1 Å². The molecule has 0 saturated heterocycles. The summed E-state index contributed by atoms with van der Waals surface area (Å²) in [6, 6.07) is 16.3. The molecule has 2 aromatic rings. The van der Waals surface area contributed by atoms with Gasteiger partial charge in [0.15, 0.2) is 5.78 Å². The van der Waals surface area contributed by atoms with E-state index in [0.29, 0.717) is 29.7 Å². The summed E-state index contributed by atoms with van der Waals surface area (Å²) in [5.41, 5.74) is 2.81. The second-order valence-corrected chi connectivity index (χ2v) is 7.63. The van der Waals surface area contributed by atoms with Crippen molar-refractivity contribution in [3.63, 3.8) is 0 Å². The van der Waals surface area contributed by atoms with Gasteiger partial charge in [0, 0.05) is 44.1 Å². The van der Waals surface area contributed by atoms with Gasteiger partial charge in [-0.1, -0.05) is 48.5 Å². The van der Waals surface area contributed by atoms with E-state index in [1.54, 1.807) is 42.3 Å². The minimum atomic E-state index is -0.524.